The summed E-state index contributed by atoms with van der Waals surface area (Å²) in [7, 11) is 0. The van der Waals surface area contributed by atoms with E-state index in [1.54, 1.807) is 24.5 Å². The smallest absolute Gasteiger partial charge is 0.220 e. The zero-order chi connectivity index (χ0) is 20.2. The lowest BCUT2D eigenvalue weighted by Gasteiger charge is -2.28. The zero-order valence-electron chi connectivity index (χ0n) is 15.8. The number of carbonyl (C=O) groups is 2. The predicted octanol–water partition coefficient (Wildman–Crippen LogP) is 2.10. The Hall–Kier alpha value is -3.42. The number of hydrogen-bond acceptors (Lipinski definition) is 6. The lowest BCUT2D eigenvalue weighted by molar-refractivity contribution is -0.121. The monoisotopic (exact) mass is 396 g/mol. The number of nitrogens with one attached hydrogen (secondary N) is 2. The normalized spacial score (nSPS) is 17.3. The van der Waals surface area contributed by atoms with Crippen molar-refractivity contribution in [2.24, 2.45) is 4.99 Å². The molecular formula is C21H21FN4O3. The minimum atomic E-state index is -0.296. The number of allylic oxidation sites excluding steroid dienone is 2. The molecule has 4 rings (SSSR count). The molecular weight excluding hydrogens is 375 g/mol. The van der Waals surface area contributed by atoms with Gasteiger partial charge in [-0.15, -0.1) is 0 Å². The molecule has 3 aliphatic rings. The molecule has 0 atom stereocenters. The van der Waals surface area contributed by atoms with Crippen LogP contribution in [0, 0.1) is 5.82 Å². The number of amides is 1. The van der Waals surface area contributed by atoms with Gasteiger partial charge >= 0.3 is 0 Å². The van der Waals surface area contributed by atoms with E-state index in [2.05, 4.69) is 15.6 Å². The van der Waals surface area contributed by atoms with Crippen LogP contribution >= 0.6 is 0 Å². The van der Waals surface area contributed by atoms with Crippen molar-refractivity contribution in [2.45, 2.75) is 25.8 Å². The highest BCUT2D eigenvalue weighted by atomic mass is 19.1. The van der Waals surface area contributed by atoms with Crippen molar-refractivity contribution in [3.8, 4) is 0 Å². The second-order valence-corrected chi connectivity index (χ2v) is 6.90. The molecule has 0 saturated heterocycles. The first-order chi connectivity index (χ1) is 14.1. The van der Waals surface area contributed by atoms with Crippen molar-refractivity contribution in [2.75, 3.05) is 13.2 Å². The Balaban J connectivity index is 1.19. The molecule has 0 aromatic heterocycles. The van der Waals surface area contributed by atoms with Crippen LogP contribution in [-0.2, 0) is 20.9 Å². The molecule has 7 nitrogen and oxygen atoms in total. The van der Waals surface area contributed by atoms with E-state index in [1.807, 2.05) is 11.0 Å². The molecule has 1 aromatic rings. The Kier molecular flexibility index (Phi) is 5.41. The van der Waals surface area contributed by atoms with E-state index in [0.29, 0.717) is 50.5 Å². The fraction of sp³-hybridized carbons (Fsp3) is 0.286. The molecule has 3 heterocycles. The molecule has 0 fully saturated rings. The molecule has 2 N–H and O–H groups in total. The molecule has 150 valence electrons. The van der Waals surface area contributed by atoms with Gasteiger partial charge in [0, 0.05) is 37.9 Å². The molecule has 0 spiro atoms. The third-order valence-corrected chi connectivity index (χ3v) is 4.79. The molecule has 0 unspecified atom stereocenters. The fourth-order valence-corrected chi connectivity index (χ4v) is 3.27. The Bertz CT molecular complexity index is 947. The summed E-state index contributed by atoms with van der Waals surface area (Å²) < 4.78 is 18.7. The van der Waals surface area contributed by atoms with Gasteiger partial charge in [0.2, 0.25) is 5.91 Å². The number of carbonyl (C=O) groups excluding carboxylic acids is 2. The summed E-state index contributed by atoms with van der Waals surface area (Å²) in [5, 5.41) is 5.83. The largest absolute Gasteiger partial charge is 0.496 e. The molecule has 8 heteroatoms. The van der Waals surface area contributed by atoms with E-state index in [1.165, 1.54) is 12.1 Å². The van der Waals surface area contributed by atoms with Crippen molar-refractivity contribution in [1.29, 1.82) is 0 Å². The van der Waals surface area contributed by atoms with Crippen molar-refractivity contribution < 1.29 is 18.7 Å². The quantitative estimate of drug-likeness (QED) is 0.690. The number of ether oxygens (including phenoxy) is 1. The number of rotatable bonds is 7. The van der Waals surface area contributed by atoms with Gasteiger partial charge in [0.15, 0.2) is 11.6 Å². The van der Waals surface area contributed by atoms with Crippen molar-refractivity contribution in [1.82, 2.24) is 15.5 Å². The Morgan fingerprint density at radius 3 is 2.97 bits per heavy atom. The van der Waals surface area contributed by atoms with E-state index in [0.717, 1.165) is 17.0 Å². The number of Topliss-reactive ketones (excluding diaryl/α,β-unsaturated/α-hetero) is 1. The second-order valence-electron chi connectivity index (χ2n) is 6.90. The number of benzene rings is 1. The van der Waals surface area contributed by atoms with E-state index in [9.17, 15) is 14.0 Å². The SMILES string of the molecule is O=C(CCCOC1=CC2=CNC3=C(N=CCC3=O)N2C1)NCc1ccc(F)cc1. The second kappa shape index (κ2) is 8.30. The van der Waals surface area contributed by atoms with Crippen molar-refractivity contribution in [3.05, 3.63) is 70.9 Å². The highest BCUT2D eigenvalue weighted by Crippen LogP contribution is 2.31. The number of ketones is 1. The summed E-state index contributed by atoms with van der Waals surface area (Å²) in [5.41, 5.74) is 2.26. The number of nitrogens with zero attached hydrogens (tertiary/aromatic N) is 2. The Labute approximate surface area is 167 Å². The van der Waals surface area contributed by atoms with Crippen LogP contribution in [0.4, 0.5) is 4.39 Å². The average molecular weight is 396 g/mol. The van der Waals surface area contributed by atoms with Gasteiger partial charge < -0.3 is 20.3 Å². The lowest BCUT2D eigenvalue weighted by Crippen LogP contribution is -2.33. The summed E-state index contributed by atoms with van der Waals surface area (Å²) in [4.78, 5) is 30.2. The number of aliphatic imine (C=N–C) groups is 1. The molecule has 0 radical (unpaired) electrons. The predicted molar refractivity (Wildman–Crippen MR) is 105 cm³/mol. The van der Waals surface area contributed by atoms with Gasteiger partial charge in [-0.2, -0.15) is 0 Å². The lowest BCUT2D eigenvalue weighted by atomic mass is 10.1. The maximum atomic E-state index is 12.9. The molecule has 0 saturated carbocycles. The van der Waals surface area contributed by atoms with Gasteiger partial charge in [-0.3, -0.25) is 9.59 Å². The fourth-order valence-electron chi connectivity index (χ4n) is 3.27. The van der Waals surface area contributed by atoms with Gasteiger partial charge in [0.25, 0.3) is 0 Å². The van der Waals surface area contributed by atoms with Crippen molar-refractivity contribution in [3.63, 3.8) is 0 Å². The first kappa shape index (κ1) is 18.9. The number of halogens is 1. The van der Waals surface area contributed by atoms with Gasteiger partial charge in [0.1, 0.15) is 17.3 Å². The van der Waals surface area contributed by atoms with E-state index in [4.69, 9.17) is 4.74 Å². The molecule has 0 bridgehead atoms. The summed E-state index contributed by atoms with van der Waals surface area (Å²) >= 11 is 0. The van der Waals surface area contributed by atoms with Crippen molar-refractivity contribution >= 4 is 17.9 Å². The number of hydrogen-bond donors (Lipinski definition) is 2. The van der Waals surface area contributed by atoms with Crippen LogP contribution in [-0.4, -0.2) is 36.0 Å². The van der Waals surface area contributed by atoms with Gasteiger partial charge in [-0.25, -0.2) is 9.38 Å². The summed E-state index contributed by atoms with van der Waals surface area (Å²) in [6, 6.07) is 6.04. The average Bonchev–Trinajstić information content (AvgIpc) is 3.14. The summed E-state index contributed by atoms with van der Waals surface area (Å²) in [5.74, 6) is 1.04. The van der Waals surface area contributed by atoms with E-state index >= 15 is 0 Å². The van der Waals surface area contributed by atoms with E-state index < -0.39 is 0 Å². The standard InChI is InChI=1S/C21H21FN4O3/c22-15-5-3-14(4-6-15)11-24-19(28)2-1-9-29-17-10-16-12-25-20-18(27)7-8-23-21(20)26(16)13-17/h3-6,8,10,12,25H,1-2,7,9,11,13H2,(H,24,28). The zero-order valence-corrected chi connectivity index (χ0v) is 15.8. The maximum Gasteiger partial charge on any atom is 0.220 e. The first-order valence-electron chi connectivity index (χ1n) is 9.49. The third kappa shape index (κ3) is 4.37. The van der Waals surface area contributed by atoms with Crippen LogP contribution in [0.2, 0.25) is 0 Å². The minimum absolute atomic E-state index is 0.0197. The van der Waals surface area contributed by atoms with Crippen LogP contribution in [0.5, 0.6) is 0 Å². The van der Waals surface area contributed by atoms with Crippen LogP contribution in [0.25, 0.3) is 0 Å². The molecule has 0 aliphatic carbocycles. The topological polar surface area (TPSA) is 83.0 Å². The Morgan fingerprint density at radius 1 is 1.31 bits per heavy atom. The molecule has 1 amide bonds. The summed E-state index contributed by atoms with van der Waals surface area (Å²) in [6.45, 7) is 1.30. The van der Waals surface area contributed by atoms with E-state index in [-0.39, 0.29) is 17.5 Å². The Morgan fingerprint density at radius 2 is 2.14 bits per heavy atom. The number of fused-ring (bicyclic) bond motifs is 2. The van der Waals surface area contributed by atoms with Gasteiger partial charge in [0.05, 0.1) is 18.8 Å². The van der Waals surface area contributed by atoms with Crippen LogP contribution in [0.3, 0.4) is 0 Å². The molecule has 3 aliphatic heterocycles. The highest BCUT2D eigenvalue weighted by molar-refractivity contribution is 6.05. The highest BCUT2D eigenvalue weighted by Gasteiger charge is 2.31. The minimum Gasteiger partial charge on any atom is -0.496 e. The summed E-state index contributed by atoms with van der Waals surface area (Å²) in [6.07, 6.45) is 6.53. The molecule has 29 heavy (non-hydrogen) atoms. The van der Waals surface area contributed by atoms with Gasteiger partial charge in [-0.05, 0) is 24.1 Å². The maximum absolute atomic E-state index is 12.9. The van der Waals surface area contributed by atoms with Crippen LogP contribution in [0.1, 0.15) is 24.8 Å². The van der Waals surface area contributed by atoms with Gasteiger partial charge in [-0.1, -0.05) is 12.1 Å². The molecule has 1 aromatic carbocycles. The van der Waals surface area contributed by atoms with Crippen LogP contribution in [0.15, 0.2) is 64.5 Å². The van der Waals surface area contributed by atoms with Crippen LogP contribution < -0.4 is 10.6 Å². The third-order valence-electron chi connectivity index (χ3n) is 4.79. The first-order valence-corrected chi connectivity index (χ1v) is 9.49.